The summed E-state index contributed by atoms with van der Waals surface area (Å²) in [7, 11) is -3.32. The number of carbonyl (C=O) groups excluding carboxylic acids is 1. The van der Waals surface area contributed by atoms with Gasteiger partial charge in [-0.1, -0.05) is 51.1 Å². The van der Waals surface area contributed by atoms with Crippen LogP contribution in [0.5, 0.6) is 0 Å². The average molecular weight is 429 g/mol. The van der Waals surface area contributed by atoms with Gasteiger partial charge in [0.15, 0.2) is 0 Å². The van der Waals surface area contributed by atoms with Crippen molar-refractivity contribution in [3.63, 3.8) is 0 Å². The molecule has 162 valence electrons. The zero-order valence-electron chi connectivity index (χ0n) is 18.5. The van der Waals surface area contributed by atoms with Crippen LogP contribution in [-0.4, -0.2) is 26.6 Å². The van der Waals surface area contributed by atoms with Gasteiger partial charge in [-0.2, -0.15) is 0 Å². The van der Waals surface area contributed by atoms with Crippen molar-refractivity contribution in [3.05, 3.63) is 64.7 Å². The number of hydrogen-bond acceptors (Lipinski definition) is 3. The SMILES string of the molecule is Cc1ccc(C(=O)N[C@@H](C)c2ccc(C(C)(C)C)cc2)cc1N1CCCCS1(=O)=O. The van der Waals surface area contributed by atoms with Crippen LogP contribution in [0.15, 0.2) is 42.5 Å². The number of nitrogens with one attached hydrogen (secondary N) is 1. The van der Waals surface area contributed by atoms with Gasteiger partial charge in [-0.05, 0) is 60.9 Å². The van der Waals surface area contributed by atoms with Gasteiger partial charge in [-0.3, -0.25) is 9.10 Å². The van der Waals surface area contributed by atoms with Crippen LogP contribution in [0.1, 0.15) is 73.6 Å². The molecule has 1 heterocycles. The summed E-state index contributed by atoms with van der Waals surface area (Å²) in [6.45, 7) is 10.8. The molecule has 30 heavy (non-hydrogen) atoms. The molecule has 0 spiro atoms. The summed E-state index contributed by atoms with van der Waals surface area (Å²) >= 11 is 0. The number of benzene rings is 2. The van der Waals surface area contributed by atoms with Crippen LogP contribution in [0.3, 0.4) is 0 Å². The van der Waals surface area contributed by atoms with Crippen LogP contribution >= 0.6 is 0 Å². The molecule has 0 unspecified atom stereocenters. The van der Waals surface area contributed by atoms with E-state index < -0.39 is 10.0 Å². The highest BCUT2D eigenvalue weighted by molar-refractivity contribution is 7.92. The van der Waals surface area contributed by atoms with E-state index in [1.165, 1.54) is 9.87 Å². The van der Waals surface area contributed by atoms with Crippen molar-refractivity contribution in [3.8, 4) is 0 Å². The van der Waals surface area contributed by atoms with Crippen LogP contribution in [0.4, 0.5) is 5.69 Å². The molecule has 1 atom stereocenters. The summed E-state index contributed by atoms with van der Waals surface area (Å²) in [5.74, 6) is -0.0529. The topological polar surface area (TPSA) is 66.5 Å². The summed E-state index contributed by atoms with van der Waals surface area (Å²) < 4.78 is 26.5. The highest BCUT2D eigenvalue weighted by atomic mass is 32.2. The molecular formula is C24H32N2O3S. The first-order chi connectivity index (χ1) is 14.0. The minimum absolute atomic E-state index is 0.0815. The Morgan fingerprint density at radius 1 is 1.07 bits per heavy atom. The van der Waals surface area contributed by atoms with Gasteiger partial charge >= 0.3 is 0 Å². The van der Waals surface area contributed by atoms with Crippen molar-refractivity contribution in [2.24, 2.45) is 0 Å². The lowest BCUT2D eigenvalue weighted by Gasteiger charge is -2.29. The Bertz CT molecular complexity index is 1020. The van der Waals surface area contributed by atoms with Crippen molar-refractivity contribution in [1.82, 2.24) is 5.32 Å². The number of carbonyl (C=O) groups is 1. The van der Waals surface area contributed by atoms with E-state index in [4.69, 9.17) is 0 Å². The Labute approximate surface area is 180 Å². The van der Waals surface area contributed by atoms with Crippen LogP contribution in [0.25, 0.3) is 0 Å². The largest absolute Gasteiger partial charge is 0.346 e. The van der Waals surface area contributed by atoms with Crippen molar-refractivity contribution < 1.29 is 13.2 Å². The summed E-state index contributed by atoms with van der Waals surface area (Å²) in [5.41, 5.74) is 4.28. The Morgan fingerprint density at radius 2 is 1.73 bits per heavy atom. The van der Waals surface area contributed by atoms with Crippen LogP contribution in [0.2, 0.25) is 0 Å². The average Bonchev–Trinajstić information content (AvgIpc) is 2.67. The van der Waals surface area contributed by atoms with E-state index in [1.807, 2.05) is 32.0 Å². The predicted octanol–water partition coefficient (Wildman–Crippen LogP) is 4.71. The van der Waals surface area contributed by atoms with Crippen molar-refractivity contribution in [1.29, 1.82) is 0 Å². The van der Waals surface area contributed by atoms with Gasteiger partial charge in [0.25, 0.3) is 5.91 Å². The van der Waals surface area contributed by atoms with Crippen LogP contribution in [-0.2, 0) is 15.4 Å². The number of amides is 1. The van der Waals surface area contributed by atoms with Crippen molar-refractivity contribution in [2.75, 3.05) is 16.6 Å². The molecule has 0 saturated carbocycles. The van der Waals surface area contributed by atoms with E-state index >= 15 is 0 Å². The maximum absolute atomic E-state index is 12.9. The van der Waals surface area contributed by atoms with Gasteiger partial charge in [0, 0.05) is 12.1 Å². The molecule has 3 rings (SSSR count). The van der Waals surface area contributed by atoms with Gasteiger partial charge in [0.1, 0.15) is 0 Å². The summed E-state index contributed by atoms with van der Waals surface area (Å²) in [6.07, 6.45) is 1.51. The lowest BCUT2D eigenvalue weighted by molar-refractivity contribution is 0.0940. The molecule has 1 aliphatic heterocycles. The number of rotatable bonds is 4. The van der Waals surface area contributed by atoms with Crippen LogP contribution in [0, 0.1) is 6.92 Å². The van der Waals surface area contributed by atoms with Crippen molar-refractivity contribution in [2.45, 2.75) is 58.9 Å². The van der Waals surface area contributed by atoms with E-state index in [2.05, 4.69) is 38.2 Å². The smallest absolute Gasteiger partial charge is 0.251 e. The van der Waals surface area contributed by atoms with E-state index in [-0.39, 0.29) is 23.1 Å². The van der Waals surface area contributed by atoms with Crippen molar-refractivity contribution >= 4 is 21.6 Å². The molecule has 1 aliphatic rings. The molecule has 1 N–H and O–H groups in total. The van der Waals surface area contributed by atoms with E-state index in [0.29, 0.717) is 24.2 Å². The summed E-state index contributed by atoms with van der Waals surface area (Å²) in [6, 6.07) is 13.4. The predicted molar refractivity (Wildman–Crippen MR) is 123 cm³/mol. The first kappa shape index (κ1) is 22.3. The molecule has 6 heteroatoms. The number of nitrogens with zero attached hydrogens (tertiary/aromatic N) is 1. The fourth-order valence-electron chi connectivity index (χ4n) is 3.71. The lowest BCUT2D eigenvalue weighted by Crippen LogP contribution is -2.38. The van der Waals surface area contributed by atoms with E-state index in [9.17, 15) is 13.2 Å². The highest BCUT2D eigenvalue weighted by Crippen LogP contribution is 2.28. The monoisotopic (exact) mass is 428 g/mol. The molecule has 0 aromatic heterocycles. The first-order valence-corrected chi connectivity index (χ1v) is 12.1. The fourth-order valence-corrected chi connectivity index (χ4v) is 5.41. The Morgan fingerprint density at radius 3 is 2.33 bits per heavy atom. The van der Waals surface area contributed by atoms with E-state index in [0.717, 1.165) is 17.5 Å². The maximum Gasteiger partial charge on any atom is 0.251 e. The molecular weight excluding hydrogens is 396 g/mol. The maximum atomic E-state index is 12.9. The second kappa shape index (κ2) is 8.42. The fraction of sp³-hybridized carbons (Fsp3) is 0.458. The van der Waals surface area contributed by atoms with Crippen LogP contribution < -0.4 is 9.62 Å². The van der Waals surface area contributed by atoms with Gasteiger partial charge in [-0.25, -0.2) is 8.42 Å². The molecule has 0 aliphatic carbocycles. The minimum Gasteiger partial charge on any atom is -0.346 e. The molecule has 1 fully saturated rings. The van der Waals surface area contributed by atoms with Gasteiger partial charge in [0.2, 0.25) is 10.0 Å². The van der Waals surface area contributed by atoms with Gasteiger partial charge in [-0.15, -0.1) is 0 Å². The second-order valence-electron chi connectivity index (χ2n) is 9.16. The minimum atomic E-state index is -3.32. The quantitative estimate of drug-likeness (QED) is 0.767. The highest BCUT2D eigenvalue weighted by Gasteiger charge is 2.27. The first-order valence-electron chi connectivity index (χ1n) is 10.5. The molecule has 0 bridgehead atoms. The Kier molecular flexibility index (Phi) is 6.27. The molecule has 0 radical (unpaired) electrons. The molecule has 2 aromatic rings. The molecule has 1 saturated heterocycles. The third-order valence-electron chi connectivity index (χ3n) is 5.71. The Balaban J connectivity index is 1.79. The van der Waals surface area contributed by atoms with Gasteiger partial charge < -0.3 is 5.32 Å². The van der Waals surface area contributed by atoms with E-state index in [1.54, 1.807) is 12.1 Å². The molecule has 1 amide bonds. The zero-order valence-corrected chi connectivity index (χ0v) is 19.3. The molecule has 5 nitrogen and oxygen atoms in total. The second-order valence-corrected chi connectivity index (χ2v) is 11.2. The zero-order chi connectivity index (χ0) is 22.1. The third kappa shape index (κ3) is 4.86. The number of aryl methyl sites for hydroxylation is 1. The molecule has 2 aromatic carbocycles. The number of anilines is 1. The lowest BCUT2D eigenvalue weighted by atomic mass is 9.86. The van der Waals surface area contributed by atoms with Gasteiger partial charge in [0.05, 0.1) is 17.5 Å². The normalized spacial score (nSPS) is 17.4. The summed E-state index contributed by atoms with van der Waals surface area (Å²) in [4.78, 5) is 12.9. The summed E-state index contributed by atoms with van der Waals surface area (Å²) in [5, 5.41) is 3.03. The number of sulfonamides is 1. The Hall–Kier alpha value is -2.34. The number of hydrogen-bond donors (Lipinski definition) is 1. The standard InChI is InChI=1S/C24H32N2O3S/c1-17-8-9-20(16-22(17)26-14-6-7-15-30(26,28)29)23(27)25-18(2)19-10-12-21(13-11-19)24(3,4)5/h8-13,16,18H,6-7,14-15H2,1-5H3,(H,25,27)/t18-/m0/s1. The third-order valence-corrected chi connectivity index (χ3v) is 7.57.